The van der Waals surface area contributed by atoms with E-state index in [1.54, 1.807) is 25.3 Å². The predicted molar refractivity (Wildman–Crippen MR) is 65.0 cm³/mol. The van der Waals surface area contributed by atoms with Crippen molar-refractivity contribution in [1.82, 2.24) is 0 Å². The van der Waals surface area contributed by atoms with Crippen molar-refractivity contribution in [1.29, 1.82) is 0 Å². The van der Waals surface area contributed by atoms with Crippen molar-refractivity contribution in [2.75, 3.05) is 20.3 Å². The van der Waals surface area contributed by atoms with E-state index in [1.807, 2.05) is 13.8 Å². The molecule has 0 saturated heterocycles. The summed E-state index contributed by atoms with van der Waals surface area (Å²) in [6, 6.07) is 5.05. The zero-order chi connectivity index (χ0) is 12.7. The average molecular weight is 238 g/mol. The van der Waals surface area contributed by atoms with Crippen LogP contribution in [0.5, 0.6) is 11.5 Å². The molecule has 0 aliphatic rings. The molecule has 17 heavy (non-hydrogen) atoms. The van der Waals surface area contributed by atoms with Gasteiger partial charge in [0.2, 0.25) is 0 Å². The molecule has 0 spiro atoms. The van der Waals surface area contributed by atoms with E-state index in [0.29, 0.717) is 30.3 Å². The number of benzene rings is 1. The topological polar surface area (TPSA) is 44.8 Å². The fourth-order valence-electron chi connectivity index (χ4n) is 1.31. The molecule has 0 radical (unpaired) electrons. The van der Waals surface area contributed by atoms with Crippen LogP contribution in [-0.2, 0) is 4.74 Å². The highest BCUT2D eigenvalue weighted by Gasteiger charge is 2.05. The van der Waals surface area contributed by atoms with Crippen LogP contribution in [0.25, 0.3) is 0 Å². The Labute approximate surface area is 101 Å². The zero-order valence-corrected chi connectivity index (χ0v) is 10.4. The van der Waals surface area contributed by atoms with Crippen LogP contribution in [-0.4, -0.2) is 32.7 Å². The summed E-state index contributed by atoms with van der Waals surface area (Å²) in [5, 5.41) is 0. The third-order valence-electron chi connectivity index (χ3n) is 2.12. The van der Waals surface area contributed by atoms with Crippen molar-refractivity contribution in [2.45, 2.75) is 20.0 Å². The van der Waals surface area contributed by atoms with Crippen molar-refractivity contribution in [3.05, 3.63) is 23.8 Å². The molecule has 4 nitrogen and oxygen atoms in total. The third kappa shape index (κ3) is 4.44. The van der Waals surface area contributed by atoms with Crippen molar-refractivity contribution < 1.29 is 19.0 Å². The maximum atomic E-state index is 10.6. The summed E-state index contributed by atoms with van der Waals surface area (Å²) in [6.45, 7) is 4.92. The number of carbonyl (C=O) groups is 1. The highest BCUT2D eigenvalue weighted by Crippen LogP contribution is 2.27. The summed E-state index contributed by atoms with van der Waals surface area (Å²) in [5.41, 5.74) is 0.563. The maximum absolute atomic E-state index is 10.6. The number of carbonyl (C=O) groups excluding carboxylic acids is 1. The second-order valence-electron chi connectivity index (χ2n) is 3.80. The van der Waals surface area contributed by atoms with E-state index in [0.717, 1.165) is 6.29 Å². The minimum absolute atomic E-state index is 0.193. The SMILES string of the molecule is COc1cc(C=O)ccc1OCCOC(C)C. The van der Waals surface area contributed by atoms with Gasteiger partial charge in [-0.1, -0.05) is 0 Å². The predicted octanol–water partition coefficient (Wildman–Crippen LogP) is 2.31. The molecule has 94 valence electrons. The molecule has 1 aromatic carbocycles. The first-order valence-corrected chi connectivity index (χ1v) is 5.55. The molecule has 0 heterocycles. The number of hydrogen-bond acceptors (Lipinski definition) is 4. The molecule has 0 aromatic heterocycles. The van der Waals surface area contributed by atoms with E-state index >= 15 is 0 Å². The summed E-state index contributed by atoms with van der Waals surface area (Å²) in [7, 11) is 1.54. The fraction of sp³-hybridized carbons (Fsp3) is 0.462. The van der Waals surface area contributed by atoms with E-state index in [-0.39, 0.29) is 6.10 Å². The monoisotopic (exact) mass is 238 g/mol. The van der Waals surface area contributed by atoms with Crippen LogP contribution in [0.4, 0.5) is 0 Å². The van der Waals surface area contributed by atoms with Crippen molar-refractivity contribution in [2.24, 2.45) is 0 Å². The van der Waals surface area contributed by atoms with Crippen LogP contribution in [0.2, 0.25) is 0 Å². The first-order valence-electron chi connectivity index (χ1n) is 5.55. The van der Waals surface area contributed by atoms with Gasteiger partial charge in [-0.2, -0.15) is 0 Å². The van der Waals surface area contributed by atoms with Gasteiger partial charge in [-0.05, 0) is 32.0 Å². The van der Waals surface area contributed by atoms with E-state index in [4.69, 9.17) is 14.2 Å². The Morgan fingerprint density at radius 3 is 2.59 bits per heavy atom. The van der Waals surface area contributed by atoms with Crippen LogP contribution in [0.1, 0.15) is 24.2 Å². The molecular weight excluding hydrogens is 220 g/mol. The second kappa shape index (κ2) is 6.91. The summed E-state index contributed by atoms with van der Waals surface area (Å²) in [4.78, 5) is 10.6. The largest absolute Gasteiger partial charge is 0.493 e. The molecule has 0 aliphatic heterocycles. The minimum atomic E-state index is 0.193. The van der Waals surface area contributed by atoms with E-state index in [2.05, 4.69) is 0 Å². The van der Waals surface area contributed by atoms with Crippen LogP contribution in [0, 0.1) is 0 Å². The lowest BCUT2D eigenvalue weighted by molar-refractivity contribution is 0.0547. The molecule has 0 unspecified atom stereocenters. The highest BCUT2D eigenvalue weighted by molar-refractivity contribution is 5.76. The van der Waals surface area contributed by atoms with Gasteiger partial charge in [-0.15, -0.1) is 0 Å². The van der Waals surface area contributed by atoms with Crippen molar-refractivity contribution in [3.63, 3.8) is 0 Å². The van der Waals surface area contributed by atoms with Crippen LogP contribution in [0.3, 0.4) is 0 Å². The van der Waals surface area contributed by atoms with Crippen LogP contribution in [0.15, 0.2) is 18.2 Å². The third-order valence-corrected chi connectivity index (χ3v) is 2.12. The molecular formula is C13H18O4. The summed E-state index contributed by atoms with van der Waals surface area (Å²) < 4.78 is 16.0. The minimum Gasteiger partial charge on any atom is -0.493 e. The maximum Gasteiger partial charge on any atom is 0.161 e. The molecule has 0 atom stereocenters. The van der Waals surface area contributed by atoms with Gasteiger partial charge in [-0.25, -0.2) is 0 Å². The van der Waals surface area contributed by atoms with E-state index in [1.165, 1.54) is 0 Å². The summed E-state index contributed by atoms with van der Waals surface area (Å²) in [6.07, 6.45) is 0.965. The second-order valence-corrected chi connectivity index (χ2v) is 3.80. The fourth-order valence-corrected chi connectivity index (χ4v) is 1.31. The van der Waals surface area contributed by atoms with Gasteiger partial charge in [0.25, 0.3) is 0 Å². The lowest BCUT2D eigenvalue weighted by atomic mass is 10.2. The quantitative estimate of drug-likeness (QED) is 0.540. The lowest BCUT2D eigenvalue weighted by Gasteiger charge is -2.12. The van der Waals surface area contributed by atoms with Crippen LogP contribution < -0.4 is 9.47 Å². The Kier molecular flexibility index (Phi) is 5.49. The van der Waals surface area contributed by atoms with Crippen molar-refractivity contribution >= 4 is 6.29 Å². The first kappa shape index (κ1) is 13.5. The number of methoxy groups -OCH3 is 1. The molecule has 1 rings (SSSR count). The van der Waals surface area contributed by atoms with Gasteiger partial charge in [0.1, 0.15) is 12.9 Å². The van der Waals surface area contributed by atoms with Gasteiger partial charge >= 0.3 is 0 Å². The van der Waals surface area contributed by atoms with Gasteiger partial charge in [0.15, 0.2) is 11.5 Å². The van der Waals surface area contributed by atoms with Crippen molar-refractivity contribution in [3.8, 4) is 11.5 Å². The normalized spacial score (nSPS) is 10.4. The molecule has 0 fully saturated rings. The molecule has 0 N–H and O–H groups in total. The Bertz CT molecular complexity index is 360. The Morgan fingerprint density at radius 1 is 1.24 bits per heavy atom. The number of rotatable bonds is 7. The first-order chi connectivity index (χ1) is 8.17. The van der Waals surface area contributed by atoms with Gasteiger partial charge in [-0.3, -0.25) is 4.79 Å². The molecule has 0 saturated carbocycles. The zero-order valence-electron chi connectivity index (χ0n) is 10.4. The summed E-state index contributed by atoms with van der Waals surface area (Å²) in [5.74, 6) is 1.17. The molecule has 0 amide bonds. The molecule has 0 bridgehead atoms. The Morgan fingerprint density at radius 2 is 2.00 bits per heavy atom. The average Bonchev–Trinajstić information content (AvgIpc) is 2.34. The number of ether oxygens (including phenoxy) is 3. The van der Waals surface area contributed by atoms with Gasteiger partial charge in [0.05, 0.1) is 19.8 Å². The van der Waals surface area contributed by atoms with E-state index < -0.39 is 0 Å². The Balaban J connectivity index is 2.55. The van der Waals surface area contributed by atoms with Gasteiger partial charge in [0, 0.05) is 5.56 Å². The standard InChI is InChI=1S/C13H18O4/c1-10(2)16-6-7-17-12-5-4-11(9-14)8-13(12)15-3/h4-5,8-10H,6-7H2,1-3H3. The molecule has 1 aromatic rings. The molecule has 0 aliphatic carbocycles. The lowest BCUT2D eigenvalue weighted by Crippen LogP contribution is -2.11. The van der Waals surface area contributed by atoms with Crippen LogP contribution >= 0.6 is 0 Å². The number of hydrogen-bond donors (Lipinski definition) is 0. The highest BCUT2D eigenvalue weighted by atomic mass is 16.5. The van der Waals surface area contributed by atoms with Gasteiger partial charge < -0.3 is 14.2 Å². The van der Waals surface area contributed by atoms with E-state index in [9.17, 15) is 4.79 Å². The summed E-state index contributed by atoms with van der Waals surface area (Å²) >= 11 is 0. The Hall–Kier alpha value is -1.55. The number of aldehydes is 1. The smallest absolute Gasteiger partial charge is 0.161 e. The molecule has 4 heteroatoms.